The number of anilines is 1. The van der Waals surface area contributed by atoms with Crippen LogP contribution in [-0.4, -0.2) is 49.8 Å². The molecular formula is C20H21ClN2O4S. The number of ether oxygens (including phenoxy) is 2. The summed E-state index contributed by atoms with van der Waals surface area (Å²) in [7, 11) is 3.40. The summed E-state index contributed by atoms with van der Waals surface area (Å²) in [6, 6.07) is 10.6. The van der Waals surface area contributed by atoms with Gasteiger partial charge in [-0.2, -0.15) is 0 Å². The molecule has 0 aliphatic carbocycles. The molecule has 0 saturated heterocycles. The fraction of sp³-hybridized carbons (Fsp3) is 0.300. The molecule has 0 spiro atoms. The average molecular weight is 421 g/mol. The summed E-state index contributed by atoms with van der Waals surface area (Å²) in [5.41, 5.74) is 2.20. The first-order valence-electron chi connectivity index (χ1n) is 8.71. The maximum absolute atomic E-state index is 12.2. The zero-order chi connectivity index (χ0) is 20.1. The van der Waals surface area contributed by atoms with Gasteiger partial charge in [0.25, 0.3) is 5.91 Å². The Hall–Kier alpha value is -2.38. The van der Waals surface area contributed by atoms with Gasteiger partial charge < -0.3 is 19.7 Å². The molecule has 1 aliphatic rings. The van der Waals surface area contributed by atoms with Crippen molar-refractivity contribution in [3.8, 4) is 11.5 Å². The number of benzene rings is 2. The zero-order valence-electron chi connectivity index (χ0n) is 15.7. The topological polar surface area (TPSA) is 67.9 Å². The van der Waals surface area contributed by atoms with Crippen LogP contribution in [0.5, 0.6) is 11.5 Å². The number of nitrogens with zero attached hydrogens (tertiary/aromatic N) is 1. The molecule has 1 aliphatic heterocycles. The van der Waals surface area contributed by atoms with Crippen molar-refractivity contribution in [2.45, 2.75) is 5.75 Å². The number of fused-ring (bicyclic) bond motifs is 1. The van der Waals surface area contributed by atoms with E-state index in [4.69, 9.17) is 21.1 Å². The maximum atomic E-state index is 12.2. The third-order valence-corrected chi connectivity index (χ3v) is 5.26. The van der Waals surface area contributed by atoms with Gasteiger partial charge in [-0.15, -0.1) is 11.8 Å². The molecule has 0 bridgehead atoms. The van der Waals surface area contributed by atoms with Gasteiger partial charge in [-0.1, -0.05) is 11.6 Å². The molecule has 148 valence electrons. The van der Waals surface area contributed by atoms with Gasteiger partial charge in [0.2, 0.25) is 5.91 Å². The zero-order valence-corrected chi connectivity index (χ0v) is 17.2. The Morgan fingerprint density at radius 2 is 1.86 bits per heavy atom. The standard InChI is InChI=1S/C20H21ClN2O4S/c1-23(2)20(25)14-3-5-15(6-4-14)22-18(24)12-28-11-13-9-16(21)19-17(10-13)26-7-8-27-19/h3-6,9-10H,7-8,11-12H2,1-2H3,(H,22,24). The van der Waals surface area contributed by atoms with Gasteiger partial charge in [-0.05, 0) is 42.0 Å². The molecule has 0 radical (unpaired) electrons. The molecule has 8 heteroatoms. The first kappa shape index (κ1) is 20.4. The third-order valence-electron chi connectivity index (χ3n) is 3.98. The van der Waals surface area contributed by atoms with Crippen LogP contribution in [0.1, 0.15) is 15.9 Å². The van der Waals surface area contributed by atoms with Crippen LogP contribution in [0.2, 0.25) is 5.02 Å². The van der Waals surface area contributed by atoms with E-state index in [-0.39, 0.29) is 11.8 Å². The highest BCUT2D eigenvalue weighted by Gasteiger charge is 2.17. The van der Waals surface area contributed by atoms with Crippen molar-refractivity contribution in [3.05, 3.63) is 52.5 Å². The Labute approximate surface area is 173 Å². The van der Waals surface area contributed by atoms with Crippen molar-refractivity contribution >= 4 is 40.9 Å². The lowest BCUT2D eigenvalue weighted by Crippen LogP contribution is -2.21. The van der Waals surface area contributed by atoms with Gasteiger partial charge in [0.1, 0.15) is 13.2 Å². The van der Waals surface area contributed by atoms with Crippen molar-refractivity contribution in [3.63, 3.8) is 0 Å². The highest BCUT2D eigenvalue weighted by Crippen LogP contribution is 2.39. The molecule has 0 fully saturated rings. The second-order valence-electron chi connectivity index (χ2n) is 6.42. The molecule has 2 aromatic carbocycles. The van der Waals surface area contributed by atoms with Crippen LogP contribution >= 0.6 is 23.4 Å². The normalized spacial score (nSPS) is 12.4. The summed E-state index contributed by atoms with van der Waals surface area (Å²) in [4.78, 5) is 25.5. The molecule has 0 aromatic heterocycles. The van der Waals surface area contributed by atoms with Crippen molar-refractivity contribution < 1.29 is 19.1 Å². The first-order valence-corrected chi connectivity index (χ1v) is 10.2. The number of halogens is 1. The van der Waals surface area contributed by atoms with E-state index in [1.54, 1.807) is 38.4 Å². The molecule has 1 heterocycles. The van der Waals surface area contributed by atoms with Crippen LogP contribution in [0.25, 0.3) is 0 Å². The smallest absolute Gasteiger partial charge is 0.253 e. The summed E-state index contributed by atoms with van der Waals surface area (Å²) < 4.78 is 11.1. The van der Waals surface area contributed by atoms with Gasteiger partial charge in [-0.3, -0.25) is 9.59 Å². The summed E-state index contributed by atoms with van der Waals surface area (Å²) in [5, 5.41) is 3.35. The third kappa shape index (κ3) is 5.11. The second kappa shape index (κ2) is 9.21. The quantitative estimate of drug-likeness (QED) is 0.772. The van der Waals surface area contributed by atoms with Crippen LogP contribution in [0.15, 0.2) is 36.4 Å². The highest BCUT2D eigenvalue weighted by atomic mass is 35.5. The van der Waals surface area contributed by atoms with Gasteiger partial charge in [-0.25, -0.2) is 0 Å². The number of hydrogen-bond donors (Lipinski definition) is 1. The predicted octanol–water partition coefficient (Wildman–Crippen LogP) is 3.68. The average Bonchev–Trinajstić information content (AvgIpc) is 2.68. The molecule has 28 heavy (non-hydrogen) atoms. The lowest BCUT2D eigenvalue weighted by Gasteiger charge is -2.20. The second-order valence-corrected chi connectivity index (χ2v) is 7.81. The summed E-state index contributed by atoms with van der Waals surface area (Å²) in [5.74, 6) is 1.96. The Morgan fingerprint density at radius 1 is 1.14 bits per heavy atom. The van der Waals surface area contributed by atoms with Crippen molar-refractivity contribution in [1.82, 2.24) is 4.90 Å². The lowest BCUT2D eigenvalue weighted by atomic mass is 10.2. The van der Waals surface area contributed by atoms with E-state index in [0.29, 0.717) is 52.5 Å². The Morgan fingerprint density at radius 3 is 2.57 bits per heavy atom. The fourth-order valence-electron chi connectivity index (χ4n) is 2.66. The van der Waals surface area contributed by atoms with Crippen LogP contribution in [0.4, 0.5) is 5.69 Å². The molecule has 2 amide bonds. The SMILES string of the molecule is CN(C)C(=O)c1ccc(NC(=O)CSCc2cc(Cl)c3c(c2)OCCO3)cc1. The monoisotopic (exact) mass is 420 g/mol. The van der Waals surface area contributed by atoms with Crippen molar-refractivity contribution in [1.29, 1.82) is 0 Å². The maximum Gasteiger partial charge on any atom is 0.253 e. The van der Waals surface area contributed by atoms with Gasteiger partial charge in [0.05, 0.1) is 10.8 Å². The lowest BCUT2D eigenvalue weighted by molar-refractivity contribution is -0.113. The van der Waals surface area contributed by atoms with Crippen LogP contribution in [0.3, 0.4) is 0 Å². The largest absolute Gasteiger partial charge is 0.486 e. The van der Waals surface area contributed by atoms with E-state index in [1.807, 2.05) is 12.1 Å². The number of carbonyl (C=O) groups is 2. The molecule has 1 N–H and O–H groups in total. The van der Waals surface area contributed by atoms with E-state index in [0.717, 1.165) is 5.56 Å². The Bertz CT molecular complexity index is 871. The number of nitrogens with one attached hydrogen (secondary N) is 1. The van der Waals surface area contributed by atoms with Crippen LogP contribution < -0.4 is 14.8 Å². The summed E-state index contributed by atoms with van der Waals surface area (Å²) >= 11 is 7.71. The number of carbonyl (C=O) groups excluding carboxylic acids is 2. The molecular weight excluding hydrogens is 400 g/mol. The van der Waals surface area contributed by atoms with Gasteiger partial charge in [0.15, 0.2) is 11.5 Å². The molecule has 0 unspecified atom stereocenters. The molecule has 0 atom stereocenters. The number of thioether (sulfide) groups is 1. The number of hydrogen-bond acceptors (Lipinski definition) is 5. The fourth-order valence-corrected chi connectivity index (χ4v) is 3.71. The summed E-state index contributed by atoms with van der Waals surface area (Å²) in [6.07, 6.45) is 0. The molecule has 2 aromatic rings. The summed E-state index contributed by atoms with van der Waals surface area (Å²) in [6.45, 7) is 0.993. The van der Waals surface area contributed by atoms with Crippen LogP contribution in [0, 0.1) is 0 Å². The van der Waals surface area contributed by atoms with E-state index < -0.39 is 0 Å². The Balaban J connectivity index is 1.50. The van der Waals surface area contributed by atoms with E-state index in [2.05, 4.69) is 5.32 Å². The minimum absolute atomic E-state index is 0.0773. The minimum Gasteiger partial charge on any atom is -0.486 e. The number of rotatable bonds is 6. The molecule has 0 saturated carbocycles. The highest BCUT2D eigenvalue weighted by molar-refractivity contribution is 7.99. The van der Waals surface area contributed by atoms with Gasteiger partial charge in [0, 0.05) is 31.1 Å². The van der Waals surface area contributed by atoms with Crippen LogP contribution in [-0.2, 0) is 10.5 Å². The van der Waals surface area contributed by atoms with Crippen molar-refractivity contribution in [2.75, 3.05) is 38.4 Å². The van der Waals surface area contributed by atoms with Crippen molar-refractivity contribution in [2.24, 2.45) is 0 Å². The van der Waals surface area contributed by atoms with Gasteiger partial charge >= 0.3 is 0 Å². The minimum atomic E-state index is -0.111. The predicted molar refractivity (Wildman–Crippen MR) is 112 cm³/mol. The van der Waals surface area contributed by atoms with E-state index in [9.17, 15) is 9.59 Å². The van der Waals surface area contributed by atoms with E-state index in [1.165, 1.54) is 16.7 Å². The number of amides is 2. The van der Waals surface area contributed by atoms with E-state index >= 15 is 0 Å². The molecule has 3 rings (SSSR count). The molecule has 6 nitrogen and oxygen atoms in total. The first-order chi connectivity index (χ1) is 13.4. The Kier molecular flexibility index (Phi) is 6.70.